The monoisotopic (exact) mass is 364 g/mol. The highest BCUT2D eigenvalue weighted by Crippen LogP contribution is 2.36. The third kappa shape index (κ3) is 4.36. The van der Waals surface area contributed by atoms with Crippen molar-refractivity contribution >= 4 is 21.6 Å². The second-order valence-electron chi connectivity index (χ2n) is 5.76. The number of hydrogen-bond acceptors (Lipinski definition) is 2. The number of benzene rings is 1. The molecular formula is C15H20BrF3N2. The van der Waals surface area contributed by atoms with Gasteiger partial charge in [0.15, 0.2) is 0 Å². The smallest absolute Gasteiger partial charge is 0.371 e. The molecular weight excluding hydrogens is 345 g/mol. The first-order valence-electron chi connectivity index (χ1n) is 7.13. The fourth-order valence-electron chi connectivity index (χ4n) is 2.80. The van der Waals surface area contributed by atoms with Gasteiger partial charge in [0.1, 0.15) is 0 Å². The lowest BCUT2D eigenvalue weighted by Crippen LogP contribution is -2.39. The molecule has 0 aliphatic carbocycles. The summed E-state index contributed by atoms with van der Waals surface area (Å²) in [6.45, 7) is 2.81. The van der Waals surface area contributed by atoms with E-state index in [1.165, 1.54) is 0 Å². The second kappa shape index (κ2) is 6.57. The van der Waals surface area contributed by atoms with Gasteiger partial charge in [0.2, 0.25) is 0 Å². The molecule has 0 amide bonds. The number of halogens is 4. The number of rotatable bonds is 3. The summed E-state index contributed by atoms with van der Waals surface area (Å²) >= 11 is 3.43. The van der Waals surface area contributed by atoms with Crippen molar-refractivity contribution in [3.8, 4) is 0 Å². The van der Waals surface area contributed by atoms with E-state index in [0.717, 1.165) is 22.1 Å². The normalized spacial score (nSPS) is 18.9. The van der Waals surface area contributed by atoms with Crippen molar-refractivity contribution in [1.82, 2.24) is 0 Å². The predicted octanol–water partition coefficient (Wildman–Crippen LogP) is 4.12. The minimum absolute atomic E-state index is 0.0256. The molecule has 0 saturated carbocycles. The summed E-state index contributed by atoms with van der Waals surface area (Å²) in [5, 5.41) is 0. The number of anilines is 1. The lowest BCUT2D eigenvalue weighted by Gasteiger charge is -2.35. The van der Waals surface area contributed by atoms with E-state index < -0.39 is 12.1 Å². The van der Waals surface area contributed by atoms with Gasteiger partial charge in [0.05, 0.1) is 5.92 Å². The van der Waals surface area contributed by atoms with Crippen molar-refractivity contribution in [2.24, 2.45) is 11.7 Å². The maximum absolute atomic E-state index is 12.7. The van der Waals surface area contributed by atoms with Crippen molar-refractivity contribution in [1.29, 1.82) is 0 Å². The fourth-order valence-corrected chi connectivity index (χ4v) is 3.15. The summed E-state index contributed by atoms with van der Waals surface area (Å²) in [6.07, 6.45) is -3.03. The van der Waals surface area contributed by atoms with Crippen LogP contribution in [0.3, 0.4) is 0 Å². The van der Waals surface area contributed by atoms with Crippen molar-refractivity contribution in [2.75, 3.05) is 18.0 Å². The molecule has 1 aliphatic rings. The molecule has 1 aromatic carbocycles. The minimum atomic E-state index is -4.07. The molecule has 0 spiro atoms. The Hall–Kier alpha value is -0.750. The van der Waals surface area contributed by atoms with E-state index in [1.807, 2.05) is 30.0 Å². The van der Waals surface area contributed by atoms with Gasteiger partial charge in [-0.2, -0.15) is 13.2 Å². The molecule has 1 fully saturated rings. The van der Waals surface area contributed by atoms with E-state index in [2.05, 4.69) is 15.9 Å². The predicted molar refractivity (Wildman–Crippen MR) is 82.5 cm³/mol. The Balaban J connectivity index is 2.14. The zero-order chi connectivity index (χ0) is 15.6. The Morgan fingerprint density at radius 1 is 1.33 bits per heavy atom. The first-order chi connectivity index (χ1) is 9.77. The van der Waals surface area contributed by atoms with Gasteiger partial charge in [0.25, 0.3) is 0 Å². The number of alkyl halides is 3. The van der Waals surface area contributed by atoms with Crippen LogP contribution >= 0.6 is 15.9 Å². The SMILES string of the molecule is CC(N)Cc1ccc(Br)cc1N1CCC(C(F)(F)F)CC1. The highest BCUT2D eigenvalue weighted by Gasteiger charge is 2.41. The quantitative estimate of drug-likeness (QED) is 0.873. The van der Waals surface area contributed by atoms with Gasteiger partial charge in [-0.1, -0.05) is 22.0 Å². The fraction of sp³-hybridized carbons (Fsp3) is 0.600. The molecule has 1 aromatic rings. The van der Waals surface area contributed by atoms with Crippen LogP contribution < -0.4 is 10.6 Å². The summed E-state index contributed by atoms with van der Waals surface area (Å²) in [5.41, 5.74) is 7.96. The van der Waals surface area contributed by atoms with Crippen LogP contribution in [-0.2, 0) is 6.42 Å². The molecule has 1 heterocycles. The van der Waals surface area contributed by atoms with Crippen LogP contribution in [0, 0.1) is 5.92 Å². The van der Waals surface area contributed by atoms with E-state index in [9.17, 15) is 13.2 Å². The van der Waals surface area contributed by atoms with Crippen molar-refractivity contribution in [2.45, 2.75) is 38.4 Å². The van der Waals surface area contributed by atoms with E-state index >= 15 is 0 Å². The molecule has 2 nitrogen and oxygen atoms in total. The van der Waals surface area contributed by atoms with Gasteiger partial charge in [-0.15, -0.1) is 0 Å². The second-order valence-corrected chi connectivity index (χ2v) is 6.67. The Morgan fingerprint density at radius 2 is 1.95 bits per heavy atom. The standard InChI is InChI=1S/C15H20BrF3N2/c1-10(20)8-11-2-3-13(16)9-14(11)21-6-4-12(5-7-21)15(17,18)19/h2-3,9-10,12H,4-8,20H2,1H3. The first-order valence-corrected chi connectivity index (χ1v) is 7.92. The Kier molecular flexibility index (Phi) is 5.20. The highest BCUT2D eigenvalue weighted by molar-refractivity contribution is 9.10. The van der Waals surface area contributed by atoms with Crippen LogP contribution in [-0.4, -0.2) is 25.3 Å². The third-order valence-corrected chi connectivity index (χ3v) is 4.38. The molecule has 2 N–H and O–H groups in total. The van der Waals surface area contributed by atoms with E-state index in [0.29, 0.717) is 13.1 Å². The van der Waals surface area contributed by atoms with Gasteiger partial charge in [-0.25, -0.2) is 0 Å². The molecule has 1 saturated heterocycles. The van der Waals surface area contributed by atoms with Gasteiger partial charge >= 0.3 is 6.18 Å². The maximum atomic E-state index is 12.7. The van der Waals surface area contributed by atoms with Gasteiger partial charge < -0.3 is 10.6 Å². The van der Waals surface area contributed by atoms with Crippen LogP contribution in [0.1, 0.15) is 25.3 Å². The van der Waals surface area contributed by atoms with Crippen LogP contribution in [0.25, 0.3) is 0 Å². The summed E-state index contributed by atoms with van der Waals surface area (Å²) in [6, 6.07) is 5.95. The largest absolute Gasteiger partial charge is 0.391 e. The molecule has 6 heteroatoms. The van der Waals surface area contributed by atoms with Gasteiger partial charge in [-0.3, -0.25) is 0 Å². The summed E-state index contributed by atoms with van der Waals surface area (Å²) in [7, 11) is 0. The van der Waals surface area contributed by atoms with Crippen molar-refractivity contribution in [3.63, 3.8) is 0 Å². The van der Waals surface area contributed by atoms with E-state index in [-0.39, 0.29) is 18.9 Å². The molecule has 0 bridgehead atoms. The van der Waals surface area contributed by atoms with Crippen LogP contribution in [0.2, 0.25) is 0 Å². The molecule has 1 atom stereocenters. The molecule has 2 rings (SSSR count). The summed E-state index contributed by atoms with van der Waals surface area (Å²) in [5.74, 6) is -1.17. The summed E-state index contributed by atoms with van der Waals surface area (Å²) in [4.78, 5) is 2.05. The van der Waals surface area contributed by atoms with Crippen LogP contribution in [0.15, 0.2) is 22.7 Å². The topological polar surface area (TPSA) is 29.3 Å². The minimum Gasteiger partial charge on any atom is -0.371 e. The molecule has 0 radical (unpaired) electrons. The lowest BCUT2D eigenvalue weighted by atomic mass is 9.95. The zero-order valence-corrected chi connectivity index (χ0v) is 13.5. The number of piperidine rings is 1. The Morgan fingerprint density at radius 3 is 2.48 bits per heavy atom. The van der Waals surface area contributed by atoms with Gasteiger partial charge in [-0.05, 0) is 43.9 Å². The van der Waals surface area contributed by atoms with Crippen LogP contribution in [0.5, 0.6) is 0 Å². The third-order valence-electron chi connectivity index (χ3n) is 3.89. The lowest BCUT2D eigenvalue weighted by molar-refractivity contribution is -0.179. The Labute approximate surface area is 131 Å². The van der Waals surface area contributed by atoms with Crippen molar-refractivity contribution in [3.05, 3.63) is 28.2 Å². The van der Waals surface area contributed by atoms with Crippen molar-refractivity contribution < 1.29 is 13.2 Å². The van der Waals surface area contributed by atoms with E-state index in [1.54, 1.807) is 0 Å². The number of hydrogen-bond donors (Lipinski definition) is 1. The van der Waals surface area contributed by atoms with Gasteiger partial charge in [0, 0.05) is 29.3 Å². The molecule has 1 aliphatic heterocycles. The van der Waals surface area contributed by atoms with Crippen LogP contribution in [0.4, 0.5) is 18.9 Å². The Bertz CT molecular complexity index is 480. The molecule has 118 valence electrons. The number of nitrogens with zero attached hydrogens (tertiary/aromatic N) is 1. The highest BCUT2D eigenvalue weighted by atomic mass is 79.9. The maximum Gasteiger partial charge on any atom is 0.391 e. The molecule has 21 heavy (non-hydrogen) atoms. The average Bonchev–Trinajstić information content (AvgIpc) is 2.39. The molecule has 1 unspecified atom stereocenters. The number of nitrogens with two attached hydrogens (primary N) is 1. The zero-order valence-electron chi connectivity index (χ0n) is 12.0. The van der Waals surface area contributed by atoms with E-state index in [4.69, 9.17) is 5.73 Å². The molecule has 0 aromatic heterocycles. The summed E-state index contributed by atoms with van der Waals surface area (Å²) < 4.78 is 39.2. The average molecular weight is 365 g/mol. The first kappa shape index (κ1) is 16.6.